The fourth-order valence-corrected chi connectivity index (χ4v) is 5.25. The van der Waals surface area contributed by atoms with E-state index >= 15 is 0 Å². The zero-order valence-electron chi connectivity index (χ0n) is 14.2. The van der Waals surface area contributed by atoms with Crippen LogP contribution in [0.4, 0.5) is 0 Å². The SMILES string of the molecule is CC1CCc2cc3c(cc2C(Br)C1)C(C)(C)CCC3(C)C. The summed E-state index contributed by atoms with van der Waals surface area (Å²) in [6, 6.07) is 5.13. The number of alkyl halides is 1. The van der Waals surface area contributed by atoms with Crippen molar-refractivity contribution >= 4 is 15.9 Å². The van der Waals surface area contributed by atoms with E-state index in [0.717, 1.165) is 5.92 Å². The normalized spacial score (nSPS) is 30.2. The highest BCUT2D eigenvalue weighted by Crippen LogP contribution is 2.49. The van der Waals surface area contributed by atoms with Crippen molar-refractivity contribution in [2.75, 3.05) is 0 Å². The molecular weight excluding hydrogens is 320 g/mol. The summed E-state index contributed by atoms with van der Waals surface area (Å²) in [6.07, 6.45) is 6.46. The topological polar surface area (TPSA) is 0 Å². The van der Waals surface area contributed by atoms with Gasteiger partial charge in [-0.3, -0.25) is 0 Å². The summed E-state index contributed by atoms with van der Waals surface area (Å²) in [7, 11) is 0. The van der Waals surface area contributed by atoms with Crippen molar-refractivity contribution in [2.45, 2.75) is 82.4 Å². The van der Waals surface area contributed by atoms with Crippen molar-refractivity contribution in [2.24, 2.45) is 5.92 Å². The number of rotatable bonds is 0. The van der Waals surface area contributed by atoms with Gasteiger partial charge in [-0.05, 0) is 71.1 Å². The maximum atomic E-state index is 3.97. The minimum Gasteiger partial charge on any atom is -0.0839 e. The van der Waals surface area contributed by atoms with Crippen molar-refractivity contribution in [1.29, 1.82) is 0 Å². The van der Waals surface area contributed by atoms with Crippen LogP contribution in [0.1, 0.15) is 87.4 Å². The van der Waals surface area contributed by atoms with Crippen molar-refractivity contribution in [3.63, 3.8) is 0 Å². The van der Waals surface area contributed by atoms with Crippen LogP contribution in [-0.2, 0) is 17.3 Å². The molecule has 1 heteroatoms. The second kappa shape index (κ2) is 5.11. The van der Waals surface area contributed by atoms with E-state index in [-0.39, 0.29) is 0 Å². The molecule has 0 amide bonds. The first-order chi connectivity index (χ1) is 9.71. The van der Waals surface area contributed by atoms with E-state index in [0.29, 0.717) is 15.7 Å². The molecule has 0 nitrogen and oxygen atoms in total. The van der Waals surface area contributed by atoms with Crippen LogP contribution in [0.15, 0.2) is 12.1 Å². The number of benzene rings is 1. The van der Waals surface area contributed by atoms with E-state index in [4.69, 9.17) is 0 Å². The molecule has 0 N–H and O–H groups in total. The van der Waals surface area contributed by atoms with Crippen LogP contribution in [0.25, 0.3) is 0 Å². The molecule has 0 spiro atoms. The standard InChI is InChI=1S/C20H29Br/c1-13-6-7-14-11-16-17(12-15(14)18(21)10-13)20(4,5)9-8-19(16,2)3/h11-13,18H,6-10H2,1-5H3. The van der Waals surface area contributed by atoms with Crippen molar-refractivity contribution in [3.8, 4) is 0 Å². The molecular formula is C20H29Br. The third kappa shape index (κ3) is 2.71. The second-order valence-corrected chi connectivity index (χ2v) is 9.82. The van der Waals surface area contributed by atoms with E-state index in [9.17, 15) is 0 Å². The summed E-state index contributed by atoms with van der Waals surface area (Å²) in [4.78, 5) is 0.538. The maximum absolute atomic E-state index is 3.97. The third-order valence-electron chi connectivity index (χ3n) is 5.97. The van der Waals surface area contributed by atoms with E-state index < -0.39 is 0 Å². The molecule has 0 aromatic heterocycles. The molecule has 0 saturated carbocycles. The lowest BCUT2D eigenvalue weighted by atomic mass is 9.62. The molecule has 116 valence electrons. The molecule has 2 unspecified atom stereocenters. The summed E-state index contributed by atoms with van der Waals surface area (Å²) in [6.45, 7) is 12.1. The monoisotopic (exact) mass is 348 g/mol. The number of aryl methyl sites for hydroxylation is 1. The molecule has 3 rings (SSSR count). The Kier molecular flexibility index (Phi) is 3.80. The zero-order chi connectivity index (χ0) is 15.4. The Morgan fingerprint density at radius 2 is 1.57 bits per heavy atom. The predicted molar refractivity (Wildman–Crippen MR) is 95.5 cm³/mol. The number of hydrogen-bond acceptors (Lipinski definition) is 0. The molecule has 0 fully saturated rings. The van der Waals surface area contributed by atoms with E-state index in [1.165, 1.54) is 32.1 Å². The van der Waals surface area contributed by atoms with Crippen LogP contribution < -0.4 is 0 Å². The van der Waals surface area contributed by atoms with E-state index in [2.05, 4.69) is 62.7 Å². The van der Waals surface area contributed by atoms with Gasteiger partial charge in [-0.2, -0.15) is 0 Å². The van der Waals surface area contributed by atoms with Gasteiger partial charge in [0.05, 0.1) is 0 Å². The Morgan fingerprint density at radius 1 is 1.00 bits per heavy atom. The lowest BCUT2D eigenvalue weighted by Crippen LogP contribution is -2.34. The predicted octanol–water partition coefficient (Wildman–Crippen LogP) is 6.44. The van der Waals surface area contributed by atoms with Gasteiger partial charge in [0.15, 0.2) is 0 Å². The van der Waals surface area contributed by atoms with Gasteiger partial charge in [-0.1, -0.05) is 62.7 Å². The lowest BCUT2D eigenvalue weighted by Gasteiger charge is -2.42. The first-order valence-electron chi connectivity index (χ1n) is 8.52. The van der Waals surface area contributed by atoms with Gasteiger partial charge < -0.3 is 0 Å². The first-order valence-corrected chi connectivity index (χ1v) is 9.44. The van der Waals surface area contributed by atoms with E-state index in [1.54, 1.807) is 22.3 Å². The molecule has 0 bridgehead atoms. The molecule has 1 aromatic rings. The van der Waals surface area contributed by atoms with Crippen molar-refractivity contribution in [1.82, 2.24) is 0 Å². The molecule has 2 aliphatic carbocycles. The second-order valence-electron chi connectivity index (χ2n) is 8.71. The fourth-order valence-electron chi connectivity index (χ4n) is 4.18. The maximum Gasteiger partial charge on any atom is 0.0400 e. The molecule has 0 aliphatic heterocycles. The van der Waals surface area contributed by atoms with Gasteiger partial charge in [-0.15, -0.1) is 0 Å². The Morgan fingerprint density at radius 3 is 2.19 bits per heavy atom. The van der Waals surface area contributed by atoms with Gasteiger partial charge in [0.2, 0.25) is 0 Å². The van der Waals surface area contributed by atoms with Crippen LogP contribution in [0, 0.1) is 5.92 Å². The average molecular weight is 349 g/mol. The van der Waals surface area contributed by atoms with Crippen LogP contribution in [0.2, 0.25) is 0 Å². The van der Waals surface area contributed by atoms with Crippen LogP contribution in [0.5, 0.6) is 0 Å². The molecule has 0 heterocycles. The van der Waals surface area contributed by atoms with Crippen molar-refractivity contribution < 1.29 is 0 Å². The van der Waals surface area contributed by atoms with Gasteiger partial charge in [0.25, 0.3) is 0 Å². The average Bonchev–Trinajstić information content (AvgIpc) is 2.54. The molecule has 21 heavy (non-hydrogen) atoms. The summed E-state index contributed by atoms with van der Waals surface area (Å²) < 4.78 is 0. The Labute approximate surface area is 138 Å². The van der Waals surface area contributed by atoms with Gasteiger partial charge >= 0.3 is 0 Å². The zero-order valence-corrected chi connectivity index (χ0v) is 15.8. The van der Waals surface area contributed by atoms with Gasteiger partial charge in [-0.25, -0.2) is 0 Å². The highest BCUT2D eigenvalue weighted by Gasteiger charge is 2.38. The molecule has 2 atom stereocenters. The first kappa shape index (κ1) is 15.6. The molecule has 1 aromatic carbocycles. The molecule has 0 radical (unpaired) electrons. The number of hydrogen-bond donors (Lipinski definition) is 0. The smallest absolute Gasteiger partial charge is 0.0400 e. The molecule has 0 saturated heterocycles. The Bertz CT molecular complexity index is 553. The minimum atomic E-state index is 0.324. The Balaban J connectivity index is 2.18. The summed E-state index contributed by atoms with van der Waals surface area (Å²) >= 11 is 3.97. The number of fused-ring (bicyclic) bond motifs is 2. The van der Waals surface area contributed by atoms with Crippen LogP contribution in [0.3, 0.4) is 0 Å². The van der Waals surface area contributed by atoms with Crippen LogP contribution in [-0.4, -0.2) is 0 Å². The van der Waals surface area contributed by atoms with E-state index in [1.807, 2.05) is 0 Å². The number of halogens is 1. The minimum absolute atomic E-state index is 0.324. The molecule has 2 aliphatic rings. The quantitative estimate of drug-likeness (QED) is 0.373. The lowest BCUT2D eigenvalue weighted by molar-refractivity contribution is 0.331. The fraction of sp³-hybridized carbons (Fsp3) is 0.700. The van der Waals surface area contributed by atoms with Crippen LogP contribution >= 0.6 is 15.9 Å². The van der Waals surface area contributed by atoms with Gasteiger partial charge in [0.1, 0.15) is 0 Å². The highest BCUT2D eigenvalue weighted by molar-refractivity contribution is 9.09. The Hall–Kier alpha value is -0.300. The van der Waals surface area contributed by atoms with Gasteiger partial charge in [0, 0.05) is 4.83 Å². The summed E-state index contributed by atoms with van der Waals surface area (Å²) in [5.74, 6) is 0.819. The van der Waals surface area contributed by atoms with Crippen molar-refractivity contribution in [3.05, 3.63) is 34.4 Å². The summed E-state index contributed by atoms with van der Waals surface area (Å²) in [5.41, 5.74) is 7.06. The highest BCUT2D eigenvalue weighted by atomic mass is 79.9. The largest absolute Gasteiger partial charge is 0.0839 e. The third-order valence-corrected chi connectivity index (χ3v) is 6.83. The summed E-state index contributed by atoms with van der Waals surface area (Å²) in [5, 5.41) is 0.